The van der Waals surface area contributed by atoms with Gasteiger partial charge in [0, 0.05) is 31.2 Å². The van der Waals surface area contributed by atoms with Crippen molar-refractivity contribution in [2.75, 3.05) is 31.5 Å². The van der Waals surface area contributed by atoms with E-state index in [1.807, 2.05) is 53.4 Å². The maximum Gasteiger partial charge on any atom is 0.255 e. The normalized spacial score (nSPS) is 19.9. The van der Waals surface area contributed by atoms with Crippen molar-refractivity contribution in [3.05, 3.63) is 64.7 Å². The predicted molar refractivity (Wildman–Crippen MR) is 129 cm³/mol. The molecule has 2 aromatic carbocycles. The third-order valence-electron chi connectivity index (χ3n) is 6.54. The lowest BCUT2D eigenvalue weighted by Gasteiger charge is -2.32. The number of carbonyl (C=O) groups excluding carboxylic acids is 2. The summed E-state index contributed by atoms with van der Waals surface area (Å²) in [4.78, 5) is 30.6. The van der Waals surface area contributed by atoms with Gasteiger partial charge in [0.05, 0.1) is 17.2 Å². The van der Waals surface area contributed by atoms with E-state index in [-0.39, 0.29) is 17.7 Å². The SMILES string of the molecule is O=C(Nc1ccccc1C(=O)N1CCCCCC1)C1CCCN(Cc2ccccc2Cl)C1. The number of nitrogens with one attached hydrogen (secondary N) is 1. The molecule has 2 aliphatic rings. The molecule has 32 heavy (non-hydrogen) atoms. The van der Waals surface area contributed by atoms with E-state index in [9.17, 15) is 9.59 Å². The molecular weight excluding hydrogens is 422 g/mol. The minimum atomic E-state index is -0.104. The van der Waals surface area contributed by atoms with Gasteiger partial charge in [0.1, 0.15) is 0 Å². The van der Waals surface area contributed by atoms with Crippen LogP contribution in [0.3, 0.4) is 0 Å². The van der Waals surface area contributed by atoms with Gasteiger partial charge >= 0.3 is 0 Å². The summed E-state index contributed by atoms with van der Waals surface area (Å²) in [5.41, 5.74) is 2.30. The number of halogens is 1. The minimum Gasteiger partial charge on any atom is -0.339 e. The zero-order valence-electron chi connectivity index (χ0n) is 18.6. The Morgan fingerprint density at radius 3 is 2.41 bits per heavy atom. The summed E-state index contributed by atoms with van der Waals surface area (Å²) in [6.07, 6.45) is 6.26. The Morgan fingerprint density at radius 2 is 1.62 bits per heavy atom. The smallest absolute Gasteiger partial charge is 0.255 e. The second-order valence-corrected chi connectivity index (χ2v) is 9.31. The average molecular weight is 454 g/mol. The number of rotatable bonds is 5. The molecule has 0 aromatic heterocycles. The summed E-state index contributed by atoms with van der Waals surface area (Å²) in [6.45, 7) is 3.98. The van der Waals surface area contributed by atoms with Gasteiger partial charge in [0.15, 0.2) is 0 Å². The zero-order chi connectivity index (χ0) is 22.3. The standard InChI is InChI=1S/C26H32ClN3O2/c27-23-13-5-3-10-20(23)18-29-15-9-11-21(19-29)25(31)28-24-14-6-4-12-22(24)26(32)30-16-7-1-2-8-17-30/h3-6,10,12-14,21H,1-2,7-9,11,15-19H2,(H,28,31). The fourth-order valence-corrected chi connectivity index (χ4v) is 4.93. The van der Waals surface area contributed by atoms with E-state index in [1.54, 1.807) is 0 Å². The molecule has 170 valence electrons. The number of anilines is 1. The fourth-order valence-electron chi connectivity index (χ4n) is 4.74. The van der Waals surface area contributed by atoms with Crippen LogP contribution in [-0.4, -0.2) is 47.8 Å². The number of nitrogens with zero attached hydrogens (tertiary/aromatic N) is 2. The molecule has 1 atom stereocenters. The van der Waals surface area contributed by atoms with Crippen LogP contribution in [0.2, 0.25) is 5.02 Å². The van der Waals surface area contributed by atoms with Gasteiger partial charge < -0.3 is 10.2 Å². The Hall–Kier alpha value is -2.37. The average Bonchev–Trinajstić information content (AvgIpc) is 3.10. The van der Waals surface area contributed by atoms with Crippen molar-refractivity contribution in [1.29, 1.82) is 0 Å². The van der Waals surface area contributed by atoms with Gasteiger partial charge in [-0.25, -0.2) is 0 Å². The first-order chi connectivity index (χ1) is 15.6. The highest BCUT2D eigenvalue weighted by Gasteiger charge is 2.27. The zero-order valence-corrected chi connectivity index (χ0v) is 19.3. The maximum atomic E-state index is 13.2. The first kappa shape index (κ1) is 22.8. The summed E-state index contributed by atoms with van der Waals surface area (Å²) in [7, 11) is 0. The largest absolute Gasteiger partial charge is 0.339 e. The van der Waals surface area contributed by atoms with Gasteiger partial charge in [-0.05, 0) is 56.0 Å². The van der Waals surface area contributed by atoms with Crippen LogP contribution >= 0.6 is 11.6 Å². The van der Waals surface area contributed by atoms with Gasteiger partial charge in [-0.3, -0.25) is 14.5 Å². The van der Waals surface area contributed by atoms with Crippen LogP contribution in [0.5, 0.6) is 0 Å². The van der Waals surface area contributed by atoms with Crippen molar-refractivity contribution in [3.63, 3.8) is 0 Å². The van der Waals surface area contributed by atoms with E-state index in [0.717, 1.165) is 62.4 Å². The molecule has 1 unspecified atom stereocenters. The Morgan fingerprint density at radius 1 is 0.906 bits per heavy atom. The number of carbonyl (C=O) groups is 2. The molecule has 2 saturated heterocycles. The number of amides is 2. The van der Waals surface area contributed by atoms with Crippen molar-refractivity contribution in [2.45, 2.75) is 45.1 Å². The second kappa shape index (κ2) is 11.0. The molecule has 6 heteroatoms. The number of para-hydroxylation sites is 1. The van der Waals surface area contributed by atoms with Gasteiger partial charge in [-0.15, -0.1) is 0 Å². The Bertz CT molecular complexity index is 940. The molecular formula is C26H32ClN3O2. The second-order valence-electron chi connectivity index (χ2n) is 8.91. The van der Waals surface area contributed by atoms with Crippen LogP contribution in [-0.2, 0) is 11.3 Å². The van der Waals surface area contributed by atoms with Crippen molar-refractivity contribution in [2.24, 2.45) is 5.92 Å². The van der Waals surface area contributed by atoms with Crippen LogP contribution in [0.4, 0.5) is 5.69 Å². The van der Waals surface area contributed by atoms with Crippen LogP contribution in [0, 0.1) is 5.92 Å². The van der Waals surface area contributed by atoms with Crippen molar-refractivity contribution in [3.8, 4) is 0 Å². The summed E-state index contributed by atoms with van der Waals surface area (Å²) >= 11 is 6.33. The third-order valence-corrected chi connectivity index (χ3v) is 6.91. The minimum absolute atomic E-state index is 0.00928. The number of hydrogen-bond acceptors (Lipinski definition) is 3. The van der Waals surface area contributed by atoms with Gasteiger partial charge in [-0.2, -0.15) is 0 Å². The lowest BCUT2D eigenvalue weighted by atomic mass is 9.96. The topological polar surface area (TPSA) is 52.7 Å². The van der Waals surface area contributed by atoms with Gasteiger partial charge in [0.2, 0.25) is 5.91 Å². The van der Waals surface area contributed by atoms with Crippen LogP contribution in [0.1, 0.15) is 54.4 Å². The number of likely N-dealkylation sites (tertiary alicyclic amines) is 2. The van der Waals surface area contributed by atoms with E-state index < -0.39 is 0 Å². The summed E-state index contributed by atoms with van der Waals surface area (Å²) in [5.74, 6) is -0.0932. The van der Waals surface area contributed by atoms with Crippen molar-refractivity contribution < 1.29 is 9.59 Å². The van der Waals surface area contributed by atoms with Crippen molar-refractivity contribution >= 4 is 29.1 Å². The van der Waals surface area contributed by atoms with E-state index in [1.165, 1.54) is 12.8 Å². The molecule has 0 aliphatic carbocycles. The predicted octanol–water partition coefficient (Wildman–Crippen LogP) is 5.21. The number of piperidine rings is 1. The molecule has 0 spiro atoms. The number of hydrogen-bond donors (Lipinski definition) is 1. The summed E-state index contributed by atoms with van der Waals surface area (Å²) in [6, 6.07) is 15.3. The molecule has 1 N–H and O–H groups in total. The molecule has 2 heterocycles. The summed E-state index contributed by atoms with van der Waals surface area (Å²) < 4.78 is 0. The third kappa shape index (κ3) is 5.70. The van der Waals surface area contributed by atoms with Crippen molar-refractivity contribution in [1.82, 2.24) is 9.80 Å². The van der Waals surface area contributed by atoms with Crippen LogP contribution in [0.25, 0.3) is 0 Å². The van der Waals surface area contributed by atoms with Gasteiger partial charge in [-0.1, -0.05) is 54.8 Å². The highest BCUT2D eigenvalue weighted by molar-refractivity contribution is 6.31. The monoisotopic (exact) mass is 453 g/mol. The molecule has 0 saturated carbocycles. The van der Waals surface area contributed by atoms with E-state index in [2.05, 4.69) is 10.2 Å². The van der Waals surface area contributed by atoms with Crippen LogP contribution in [0.15, 0.2) is 48.5 Å². The Balaban J connectivity index is 1.41. The molecule has 2 amide bonds. The van der Waals surface area contributed by atoms with E-state index in [4.69, 9.17) is 11.6 Å². The quantitative estimate of drug-likeness (QED) is 0.676. The first-order valence-corrected chi connectivity index (χ1v) is 12.1. The lowest BCUT2D eigenvalue weighted by Crippen LogP contribution is -2.40. The highest BCUT2D eigenvalue weighted by Crippen LogP contribution is 2.25. The van der Waals surface area contributed by atoms with E-state index in [0.29, 0.717) is 17.8 Å². The first-order valence-electron chi connectivity index (χ1n) is 11.8. The highest BCUT2D eigenvalue weighted by atomic mass is 35.5. The fraction of sp³-hybridized carbons (Fsp3) is 0.462. The Labute approximate surface area is 195 Å². The molecule has 2 aliphatic heterocycles. The molecule has 2 aromatic rings. The molecule has 5 nitrogen and oxygen atoms in total. The number of benzene rings is 2. The maximum absolute atomic E-state index is 13.2. The molecule has 0 radical (unpaired) electrons. The molecule has 2 fully saturated rings. The van der Waals surface area contributed by atoms with Gasteiger partial charge in [0.25, 0.3) is 5.91 Å². The van der Waals surface area contributed by atoms with E-state index >= 15 is 0 Å². The summed E-state index contributed by atoms with van der Waals surface area (Å²) in [5, 5.41) is 3.84. The molecule has 4 rings (SSSR count). The van der Waals surface area contributed by atoms with Crippen LogP contribution < -0.4 is 5.32 Å². The lowest BCUT2D eigenvalue weighted by molar-refractivity contribution is -0.121. The molecule has 0 bridgehead atoms. The Kier molecular flexibility index (Phi) is 7.82.